The van der Waals surface area contributed by atoms with Gasteiger partial charge in [-0.3, -0.25) is 4.79 Å². The second kappa shape index (κ2) is 10.7. The van der Waals surface area contributed by atoms with Crippen LogP contribution < -0.4 is 0 Å². The third kappa shape index (κ3) is 6.03. The quantitative estimate of drug-likeness (QED) is 0.334. The summed E-state index contributed by atoms with van der Waals surface area (Å²) in [5.41, 5.74) is 4.87. The summed E-state index contributed by atoms with van der Waals surface area (Å²) < 4.78 is 5.47. The lowest BCUT2D eigenvalue weighted by Gasteiger charge is -2.32. The molecular formula is C27H38O4. The van der Waals surface area contributed by atoms with E-state index in [4.69, 9.17) is 4.74 Å². The van der Waals surface area contributed by atoms with Gasteiger partial charge in [-0.05, 0) is 73.9 Å². The van der Waals surface area contributed by atoms with Crippen LogP contribution in [0.5, 0.6) is 11.5 Å². The number of aryl methyl sites for hydroxylation is 4. The van der Waals surface area contributed by atoms with Gasteiger partial charge in [-0.15, -0.1) is 0 Å². The van der Waals surface area contributed by atoms with Crippen molar-refractivity contribution in [3.63, 3.8) is 0 Å². The minimum Gasteiger partial charge on any atom is -0.507 e. The zero-order chi connectivity index (χ0) is 23.2. The van der Waals surface area contributed by atoms with Crippen LogP contribution in [0.15, 0.2) is 24.3 Å². The Morgan fingerprint density at radius 3 is 1.71 bits per heavy atom. The number of carbonyl (C=O) groups is 1. The predicted molar refractivity (Wildman–Crippen MR) is 126 cm³/mol. The van der Waals surface area contributed by atoms with Gasteiger partial charge in [0.25, 0.3) is 0 Å². The zero-order valence-electron chi connectivity index (χ0n) is 20.0. The summed E-state index contributed by atoms with van der Waals surface area (Å²) in [6.07, 6.45) is 5.19. The van der Waals surface area contributed by atoms with Crippen molar-refractivity contribution in [3.8, 4) is 11.5 Å². The highest BCUT2D eigenvalue weighted by Gasteiger charge is 2.32. The zero-order valence-corrected chi connectivity index (χ0v) is 20.0. The molecule has 0 aliphatic heterocycles. The highest BCUT2D eigenvalue weighted by Crippen LogP contribution is 2.41. The molecule has 0 aromatic heterocycles. The second-order valence-corrected chi connectivity index (χ2v) is 9.03. The number of phenolic OH excluding ortho intramolecular Hbond substituents is 2. The molecular weight excluding hydrogens is 388 g/mol. The summed E-state index contributed by atoms with van der Waals surface area (Å²) in [5, 5.41) is 20.5. The Morgan fingerprint density at radius 2 is 1.29 bits per heavy atom. The molecule has 2 rings (SSSR count). The van der Waals surface area contributed by atoms with Crippen molar-refractivity contribution in [3.05, 3.63) is 57.6 Å². The number of benzene rings is 2. The molecule has 0 saturated heterocycles. The fourth-order valence-corrected chi connectivity index (χ4v) is 4.14. The lowest BCUT2D eigenvalue weighted by molar-refractivity contribution is -0.144. The number of phenols is 2. The summed E-state index contributed by atoms with van der Waals surface area (Å²) in [4.78, 5) is 12.5. The molecule has 4 nitrogen and oxygen atoms in total. The van der Waals surface area contributed by atoms with Crippen molar-refractivity contribution >= 4 is 5.97 Å². The second-order valence-electron chi connectivity index (χ2n) is 9.03. The van der Waals surface area contributed by atoms with E-state index in [1.54, 1.807) is 0 Å². The number of aromatic hydroxyl groups is 2. The van der Waals surface area contributed by atoms with Crippen molar-refractivity contribution in [2.45, 2.75) is 85.5 Å². The molecule has 0 aliphatic carbocycles. The summed E-state index contributed by atoms with van der Waals surface area (Å²) in [7, 11) is 0. The van der Waals surface area contributed by atoms with Crippen LogP contribution in [0.25, 0.3) is 0 Å². The van der Waals surface area contributed by atoms with Crippen LogP contribution in [0.2, 0.25) is 0 Å². The Kier molecular flexibility index (Phi) is 8.55. The molecule has 0 amide bonds. The minimum absolute atomic E-state index is 0.179. The van der Waals surface area contributed by atoms with E-state index >= 15 is 0 Å². The van der Waals surface area contributed by atoms with E-state index in [-0.39, 0.29) is 5.97 Å². The highest BCUT2D eigenvalue weighted by molar-refractivity contribution is 5.69. The monoisotopic (exact) mass is 426 g/mol. The Hall–Kier alpha value is -2.49. The van der Waals surface area contributed by atoms with Crippen molar-refractivity contribution in [2.24, 2.45) is 0 Å². The van der Waals surface area contributed by atoms with E-state index in [1.807, 2.05) is 52.0 Å². The molecule has 170 valence electrons. The summed E-state index contributed by atoms with van der Waals surface area (Å²) >= 11 is 0. The van der Waals surface area contributed by atoms with Crippen LogP contribution in [0.4, 0.5) is 0 Å². The number of hydrogen-bond acceptors (Lipinski definition) is 4. The molecule has 2 aromatic rings. The van der Waals surface area contributed by atoms with E-state index in [2.05, 4.69) is 13.8 Å². The summed E-state index contributed by atoms with van der Waals surface area (Å²) in [6, 6.07) is 7.98. The van der Waals surface area contributed by atoms with E-state index in [0.717, 1.165) is 59.1 Å². The van der Waals surface area contributed by atoms with Crippen LogP contribution in [-0.2, 0) is 14.9 Å². The lowest BCUT2D eigenvalue weighted by Crippen LogP contribution is -2.26. The predicted octanol–water partition coefficient (Wildman–Crippen LogP) is 6.54. The minimum atomic E-state index is -0.465. The topological polar surface area (TPSA) is 66.8 Å². The number of esters is 1. The smallest absolute Gasteiger partial charge is 0.305 e. The van der Waals surface area contributed by atoms with Crippen LogP contribution in [0.1, 0.15) is 85.8 Å². The number of ether oxygens (including phenoxy) is 1. The molecule has 4 heteroatoms. The molecule has 0 bridgehead atoms. The Bertz CT molecular complexity index is 810. The van der Waals surface area contributed by atoms with Crippen LogP contribution in [-0.4, -0.2) is 22.8 Å². The molecule has 0 fully saturated rings. The molecule has 31 heavy (non-hydrogen) atoms. The lowest BCUT2D eigenvalue weighted by atomic mass is 9.71. The first kappa shape index (κ1) is 24.8. The molecule has 0 saturated carbocycles. The first-order valence-corrected chi connectivity index (χ1v) is 11.4. The molecule has 2 aromatic carbocycles. The SMILES string of the molecule is CCCCCCOC(=O)CCC(C)(c1cc(C)c(O)c(C)c1)c1cc(C)c(O)c(C)c1. The maximum Gasteiger partial charge on any atom is 0.305 e. The molecule has 0 radical (unpaired) electrons. The first-order chi connectivity index (χ1) is 14.6. The van der Waals surface area contributed by atoms with Gasteiger partial charge in [-0.1, -0.05) is 57.4 Å². The van der Waals surface area contributed by atoms with Crippen LogP contribution >= 0.6 is 0 Å². The van der Waals surface area contributed by atoms with Gasteiger partial charge in [0.1, 0.15) is 11.5 Å². The highest BCUT2D eigenvalue weighted by atomic mass is 16.5. The van der Waals surface area contributed by atoms with Gasteiger partial charge in [0, 0.05) is 11.8 Å². The normalized spacial score (nSPS) is 11.5. The van der Waals surface area contributed by atoms with E-state index in [1.165, 1.54) is 0 Å². The molecule has 0 spiro atoms. The van der Waals surface area contributed by atoms with Crippen molar-refractivity contribution < 1.29 is 19.7 Å². The van der Waals surface area contributed by atoms with Gasteiger partial charge in [0.2, 0.25) is 0 Å². The maximum atomic E-state index is 12.5. The summed E-state index contributed by atoms with van der Waals surface area (Å²) in [6.45, 7) is 12.3. The molecule has 0 heterocycles. The van der Waals surface area contributed by atoms with Gasteiger partial charge in [-0.25, -0.2) is 0 Å². The van der Waals surface area contributed by atoms with Gasteiger partial charge in [-0.2, -0.15) is 0 Å². The van der Waals surface area contributed by atoms with Gasteiger partial charge in [0.15, 0.2) is 0 Å². The Morgan fingerprint density at radius 1 is 0.839 bits per heavy atom. The number of carbonyl (C=O) groups excluding carboxylic acids is 1. The van der Waals surface area contributed by atoms with Crippen LogP contribution in [0.3, 0.4) is 0 Å². The fourth-order valence-electron chi connectivity index (χ4n) is 4.14. The largest absolute Gasteiger partial charge is 0.507 e. The van der Waals surface area contributed by atoms with Crippen molar-refractivity contribution in [2.75, 3.05) is 6.61 Å². The standard InChI is InChI=1S/C27H38O4/c1-7-8-9-10-13-31-24(28)11-12-27(6,22-14-18(2)25(29)19(3)15-22)23-16-20(4)26(30)21(5)17-23/h14-17,29-30H,7-13H2,1-6H3. The average Bonchev–Trinajstić information content (AvgIpc) is 2.73. The van der Waals surface area contributed by atoms with Crippen molar-refractivity contribution in [1.82, 2.24) is 0 Å². The van der Waals surface area contributed by atoms with E-state index < -0.39 is 5.41 Å². The van der Waals surface area contributed by atoms with E-state index in [9.17, 15) is 15.0 Å². The maximum absolute atomic E-state index is 12.5. The third-order valence-corrected chi connectivity index (χ3v) is 6.35. The van der Waals surface area contributed by atoms with E-state index in [0.29, 0.717) is 30.9 Å². The summed E-state index contributed by atoms with van der Waals surface area (Å²) in [5.74, 6) is 0.425. The molecule has 0 atom stereocenters. The number of rotatable bonds is 10. The third-order valence-electron chi connectivity index (χ3n) is 6.35. The van der Waals surface area contributed by atoms with Crippen molar-refractivity contribution in [1.29, 1.82) is 0 Å². The number of hydrogen-bond donors (Lipinski definition) is 2. The first-order valence-electron chi connectivity index (χ1n) is 11.4. The van der Waals surface area contributed by atoms with Crippen LogP contribution in [0, 0.1) is 27.7 Å². The van der Waals surface area contributed by atoms with Gasteiger partial charge in [0.05, 0.1) is 6.61 Å². The molecule has 0 unspecified atom stereocenters. The molecule has 2 N–H and O–H groups in total. The average molecular weight is 427 g/mol. The Balaban J connectivity index is 2.32. The Labute approximate surface area is 187 Å². The number of unbranched alkanes of at least 4 members (excludes halogenated alkanes) is 3. The van der Waals surface area contributed by atoms with Gasteiger partial charge >= 0.3 is 5.97 Å². The molecule has 0 aliphatic rings. The fraction of sp³-hybridized carbons (Fsp3) is 0.519. The van der Waals surface area contributed by atoms with Gasteiger partial charge < -0.3 is 14.9 Å².